The summed E-state index contributed by atoms with van der Waals surface area (Å²) in [6, 6.07) is 11.5. The Bertz CT molecular complexity index is 1510. The van der Waals surface area contributed by atoms with Crippen LogP contribution in [0, 0.1) is 5.82 Å². The van der Waals surface area contributed by atoms with E-state index in [9.17, 15) is 27.8 Å². The first-order valence-corrected chi connectivity index (χ1v) is 12.2. The number of ether oxygens (including phenoxy) is 1. The molecule has 41 heavy (non-hydrogen) atoms. The Balaban J connectivity index is 0.000000493. The molecule has 0 amide bonds. The number of fused-ring (bicyclic) bond motifs is 1. The Morgan fingerprint density at radius 1 is 1.15 bits per heavy atom. The van der Waals surface area contributed by atoms with Gasteiger partial charge in [-0.3, -0.25) is 0 Å². The first kappa shape index (κ1) is 29.8. The van der Waals surface area contributed by atoms with Crippen LogP contribution in [0.5, 0.6) is 5.75 Å². The zero-order valence-electron chi connectivity index (χ0n) is 21.1. The minimum atomic E-state index is -5.08. The molecule has 2 aromatic heterocycles. The quantitative estimate of drug-likeness (QED) is 0.251. The van der Waals surface area contributed by atoms with E-state index in [1.165, 1.54) is 12.1 Å². The molecule has 11 nitrogen and oxygen atoms in total. The van der Waals surface area contributed by atoms with Gasteiger partial charge in [0.15, 0.2) is 0 Å². The van der Waals surface area contributed by atoms with Crippen molar-refractivity contribution in [3.05, 3.63) is 77.3 Å². The number of anilines is 2. The van der Waals surface area contributed by atoms with Crippen molar-refractivity contribution < 1.29 is 42.4 Å². The van der Waals surface area contributed by atoms with E-state index in [4.69, 9.17) is 26.2 Å². The zero-order chi connectivity index (χ0) is 29.9. The summed E-state index contributed by atoms with van der Waals surface area (Å²) in [4.78, 5) is 17.6. The lowest BCUT2D eigenvalue weighted by atomic mass is 9.92. The van der Waals surface area contributed by atoms with Crippen molar-refractivity contribution in [2.75, 3.05) is 12.4 Å². The third kappa shape index (κ3) is 7.11. The molecule has 1 aliphatic rings. The second-order valence-electron chi connectivity index (χ2n) is 8.87. The highest BCUT2D eigenvalue weighted by molar-refractivity contribution is 6.29. The Labute approximate surface area is 234 Å². The molecule has 0 fully saturated rings. The molecule has 0 saturated heterocycles. The van der Waals surface area contributed by atoms with Crippen molar-refractivity contribution in [3.8, 4) is 11.4 Å². The van der Waals surface area contributed by atoms with Gasteiger partial charge in [0.2, 0.25) is 5.95 Å². The molecular weight excluding hydrogens is 576 g/mol. The van der Waals surface area contributed by atoms with E-state index in [0.29, 0.717) is 28.4 Å². The number of aromatic nitrogens is 5. The summed E-state index contributed by atoms with van der Waals surface area (Å²) in [5.74, 6) is -1.99. The number of alkyl halides is 3. The number of carboxylic acids is 1. The van der Waals surface area contributed by atoms with Crippen molar-refractivity contribution in [1.82, 2.24) is 24.3 Å². The van der Waals surface area contributed by atoms with Crippen LogP contribution in [0.1, 0.15) is 23.7 Å². The van der Waals surface area contributed by atoms with Crippen molar-refractivity contribution in [2.45, 2.75) is 37.3 Å². The molecule has 0 spiro atoms. The van der Waals surface area contributed by atoms with Gasteiger partial charge in [0, 0.05) is 23.9 Å². The van der Waals surface area contributed by atoms with E-state index in [0.717, 1.165) is 11.3 Å². The van der Waals surface area contributed by atoms with E-state index in [2.05, 4.69) is 20.4 Å². The largest absolute Gasteiger partial charge is 0.494 e. The summed E-state index contributed by atoms with van der Waals surface area (Å²) >= 11 is 5.93. The summed E-state index contributed by atoms with van der Waals surface area (Å²) in [6.45, 7) is 0.0898. The Morgan fingerprint density at radius 2 is 1.83 bits per heavy atom. The molecule has 0 aliphatic carbocycles. The number of rotatable bonds is 5. The van der Waals surface area contributed by atoms with Crippen LogP contribution in [0.4, 0.5) is 29.2 Å². The molecule has 3 heterocycles. The highest BCUT2D eigenvalue weighted by Crippen LogP contribution is 2.34. The predicted octanol–water partition coefficient (Wildman–Crippen LogP) is 3.90. The van der Waals surface area contributed by atoms with Gasteiger partial charge in [-0.05, 0) is 36.2 Å². The first-order valence-electron chi connectivity index (χ1n) is 11.9. The van der Waals surface area contributed by atoms with Gasteiger partial charge in [-0.2, -0.15) is 18.2 Å². The number of hydrogen-bond acceptors (Lipinski definition) is 8. The smallest absolute Gasteiger partial charge is 0.490 e. The molecule has 4 N–H and O–H groups in total. The molecule has 2 aromatic carbocycles. The predicted molar refractivity (Wildman–Crippen MR) is 137 cm³/mol. The van der Waals surface area contributed by atoms with E-state index >= 15 is 0 Å². The number of halogens is 5. The lowest BCUT2D eigenvalue weighted by Crippen LogP contribution is -2.29. The number of benzene rings is 2. The minimum absolute atomic E-state index is 0.0898. The second-order valence-corrected chi connectivity index (χ2v) is 9.26. The summed E-state index contributed by atoms with van der Waals surface area (Å²) in [5, 5.41) is 35.9. The number of nitrogens with zero attached hydrogens (tertiary/aromatic N) is 5. The zero-order valence-corrected chi connectivity index (χ0v) is 21.9. The van der Waals surface area contributed by atoms with Crippen LogP contribution in [-0.2, 0) is 11.3 Å². The van der Waals surface area contributed by atoms with Crippen LogP contribution < -0.4 is 10.1 Å². The molecule has 5 rings (SSSR count). The Morgan fingerprint density at radius 3 is 2.41 bits per heavy atom. The summed E-state index contributed by atoms with van der Waals surface area (Å²) in [5.41, 5.74) is 2.22. The van der Waals surface area contributed by atoms with Crippen LogP contribution in [0.3, 0.4) is 0 Å². The number of carbonyl (C=O) groups is 1. The summed E-state index contributed by atoms with van der Waals surface area (Å²) < 4.78 is 54.1. The molecule has 4 aromatic rings. The molecule has 0 radical (unpaired) electrons. The summed E-state index contributed by atoms with van der Waals surface area (Å²) in [7, 11) is 1.57. The van der Waals surface area contributed by atoms with E-state index in [-0.39, 0.29) is 24.7 Å². The average Bonchev–Trinajstić information content (AvgIpc) is 3.50. The fraction of sp³-hybridized carbons (Fsp3) is 0.280. The third-order valence-electron chi connectivity index (χ3n) is 6.07. The molecule has 1 unspecified atom stereocenters. The fourth-order valence-corrected chi connectivity index (χ4v) is 4.26. The van der Waals surface area contributed by atoms with Gasteiger partial charge in [0.05, 0.1) is 31.5 Å². The minimum Gasteiger partial charge on any atom is -0.494 e. The molecule has 1 aliphatic heterocycles. The van der Waals surface area contributed by atoms with Crippen molar-refractivity contribution in [2.24, 2.45) is 0 Å². The van der Waals surface area contributed by atoms with Gasteiger partial charge in [-0.25, -0.2) is 18.9 Å². The monoisotopic (exact) mass is 598 g/mol. The maximum absolute atomic E-state index is 13.5. The van der Waals surface area contributed by atoms with Crippen LogP contribution in [0.2, 0.25) is 5.15 Å². The van der Waals surface area contributed by atoms with Gasteiger partial charge < -0.3 is 29.9 Å². The van der Waals surface area contributed by atoms with Gasteiger partial charge in [-0.1, -0.05) is 23.7 Å². The van der Waals surface area contributed by atoms with E-state index < -0.39 is 24.4 Å². The molecule has 0 saturated carbocycles. The number of aliphatic carboxylic acids is 1. The second kappa shape index (κ2) is 12.1. The lowest BCUT2D eigenvalue weighted by molar-refractivity contribution is -0.192. The summed E-state index contributed by atoms with van der Waals surface area (Å²) in [6.07, 6.45) is -3.53. The van der Waals surface area contributed by atoms with Crippen LogP contribution >= 0.6 is 11.6 Å². The molecule has 218 valence electrons. The van der Waals surface area contributed by atoms with Crippen molar-refractivity contribution >= 4 is 29.2 Å². The van der Waals surface area contributed by atoms with Crippen LogP contribution in [-0.4, -0.2) is 71.1 Å². The third-order valence-corrected chi connectivity index (χ3v) is 6.27. The highest BCUT2D eigenvalue weighted by Gasteiger charge is 2.38. The number of methoxy groups -OCH3 is 1. The molecule has 16 heteroatoms. The van der Waals surface area contributed by atoms with Crippen molar-refractivity contribution in [3.63, 3.8) is 0 Å². The molecule has 3 atom stereocenters. The maximum Gasteiger partial charge on any atom is 0.490 e. The average molecular weight is 599 g/mol. The highest BCUT2D eigenvalue weighted by atomic mass is 35.5. The fourth-order valence-electron chi connectivity index (χ4n) is 4.11. The topological polar surface area (TPSA) is 148 Å². The Kier molecular flexibility index (Phi) is 8.80. The number of hydrogen-bond donors (Lipinski definition) is 4. The Hall–Kier alpha value is -4.21. The number of nitrogens with one attached hydrogen (secondary N) is 1. The van der Waals surface area contributed by atoms with Crippen molar-refractivity contribution in [1.29, 1.82) is 0 Å². The van der Waals surface area contributed by atoms with Crippen LogP contribution in [0.15, 0.2) is 55.0 Å². The number of aliphatic hydroxyl groups is 2. The number of aliphatic hydroxyl groups excluding tert-OH is 2. The van der Waals surface area contributed by atoms with E-state index in [1.807, 2.05) is 12.1 Å². The normalized spacial score (nSPS) is 18.5. The van der Waals surface area contributed by atoms with Gasteiger partial charge >= 0.3 is 12.1 Å². The number of carboxylic acid groups (broad SMARTS) is 1. The van der Waals surface area contributed by atoms with Crippen LogP contribution in [0.25, 0.3) is 5.69 Å². The van der Waals surface area contributed by atoms with Gasteiger partial charge in [0.25, 0.3) is 0 Å². The molecular formula is C25H23ClF4N6O5. The standard InChI is InChI=1S/C23H22ClFN6O3.C2HF3O2/c1-34-20-8-15(6-7-17(20)30-11-21(24)26-12-30)27-23-28-22-16(13-2-4-14(25)5-3-13)9-18(32)19(33)10-31(22)29-23;3-2(4,5)1(6)7/h2-8,11-12,16,18-19,32-33H,9-10H2,1H3,(H,27,29);(H,6,7)/t16?,18-,19+;/m1./s1. The van der Waals surface area contributed by atoms with Gasteiger partial charge in [-0.15, -0.1) is 5.10 Å². The SMILES string of the molecule is COc1cc(Nc2nc3n(n2)C[C@H](O)[C@H](O)CC3c2ccc(F)cc2)ccc1-n1cnc(Cl)c1.O=C(O)C(F)(F)F. The lowest BCUT2D eigenvalue weighted by Gasteiger charge is -2.18. The first-order chi connectivity index (χ1) is 19.3. The van der Waals surface area contributed by atoms with E-state index in [1.54, 1.807) is 47.1 Å². The number of imidazole rings is 1. The maximum atomic E-state index is 13.5. The molecule has 0 bridgehead atoms. The van der Waals surface area contributed by atoms with Gasteiger partial charge in [0.1, 0.15) is 28.9 Å².